The number of carbonyl (C=O) groups is 4. The summed E-state index contributed by atoms with van der Waals surface area (Å²) in [7, 11) is 0. The normalized spacial score (nSPS) is 14.1. The van der Waals surface area contributed by atoms with Crippen molar-refractivity contribution in [2.45, 2.75) is 51.2 Å². The standard InChI is InChI=1S/C27H31N5O7/c1-3-15(2)22(24(35)29-19(26(37)38)14-21(28)33)31-23(34)20(13-16-9-5-4-6-10-16)32-25(36)17-11-7-8-12-18(17)30-27(32)39/h4-12,15,19-20,22H,3,13-14H2,1-2H3,(H2,28,33)(H,29,35)(H,30,39)(H,31,34)(H,37,38)/t15-,19+,20-,22-/m0/s1. The van der Waals surface area contributed by atoms with E-state index in [1.165, 1.54) is 6.07 Å². The molecule has 3 amide bonds. The van der Waals surface area contributed by atoms with Gasteiger partial charge >= 0.3 is 11.7 Å². The molecule has 3 rings (SSSR count). The number of aliphatic carboxylic acids is 1. The Morgan fingerprint density at radius 1 is 0.974 bits per heavy atom. The smallest absolute Gasteiger partial charge is 0.329 e. The lowest BCUT2D eigenvalue weighted by Crippen LogP contribution is -2.56. The summed E-state index contributed by atoms with van der Waals surface area (Å²) < 4.78 is 0.823. The lowest BCUT2D eigenvalue weighted by atomic mass is 9.96. The van der Waals surface area contributed by atoms with Crippen LogP contribution in [0.2, 0.25) is 0 Å². The highest BCUT2D eigenvalue weighted by molar-refractivity contribution is 5.93. The van der Waals surface area contributed by atoms with Crippen LogP contribution < -0.4 is 27.6 Å². The second kappa shape index (κ2) is 12.7. The highest BCUT2D eigenvalue weighted by Crippen LogP contribution is 2.16. The van der Waals surface area contributed by atoms with Gasteiger partial charge in [-0.25, -0.2) is 14.2 Å². The number of para-hydroxylation sites is 1. The van der Waals surface area contributed by atoms with Crippen molar-refractivity contribution in [1.82, 2.24) is 20.2 Å². The average molecular weight is 538 g/mol. The number of nitrogens with one attached hydrogen (secondary N) is 3. The zero-order chi connectivity index (χ0) is 28.7. The molecule has 0 bridgehead atoms. The summed E-state index contributed by atoms with van der Waals surface area (Å²) in [4.78, 5) is 78.8. The van der Waals surface area contributed by atoms with Gasteiger partial charge in [-0.15, -0.1) is 0 Å². The van der Waals surface area contributed by atoms with Crippen molar-refractivity contribution >= 4 is 34.6 Å². The van der Waals surface area contributed by atoms with Gasteiger partial charge in [0.1, 0.15) is 18.1 Å². The fourth-order valence-corrected chi connectivity index (χ4v) is 4.21. The van der Waals surface area contributed by atoms with Crippen molar-refractivity contribution in [2.75, 3.05) is 0 Å². The van der Waals surface area contributed by atoms with Crippen LogP contribution in [0.3, 0.4) is 0 Å². The second-order valence-corrected chi connectivity index (χ2v) is 9.30. The average Bonchev–Trinajstić information content (AvgIpc) is 2.90. The first kappa shape index (κ1) is 28.8. The van der Waals surface area contributed by atoms with Crippen LogP contribution in [0.25, 0.3) is 10.9 Å². The molecule has 0 unspecified atom stereocenters. The van der Waals surface area contributed by atoms with Crippen molar-refractivity contribution in [3.63, 3.8) is 0 Å². The summed E-state index contributed by atoms with van der Waals surface area (Å²) in [6.07, 6.45) is -0.255. The van der Waals surface area contributed by atoms with E-state index in [4.69, 9.17) is 5.73 Å². The van der Waals surface area contributed by atoms with Gasteiger partial charge in [0, 0.05) is 6.42 Å². The number of rotatable bonds is 12. The number of nitrogens with zero attached hydrogens (tertiary/aromatic N) is 1. The fourth-order valence-electron chi connectivity index (χ4n) is 4.21. The van der Waals surface area contributed by atoms with Crippen molar-refractivity contribution in [3.05, 3.63) is 81.0 Å². The Balaban J connectivity index is 2.02. The Bertz CT molecular complexity index is 1480. The first-order chi connectivity index (χ1) is 18.5. The molecule has 0 fully saturated rings. The predicted molar refractivity (Wildman–Crippen MR) is 143 cm³/mol. The number of hydrogen-bond donors (Lipinski definition) is 5. The lowest BCUT2D eigenvalue weighted by molar-refractivity contribution is -0.144. The fraction of sp³-hybridized carbons (Fsp3) is 0.333. The van der Waals surface area contributed by atoms with Gasteiger partial charge < -0.3 is 26.5 Å². The maximum atomic E-state index is 13.7. The Labute approximate surface area is 223 Å². The molecule has 3 aromatic rings. The molecule has 0 aliphatic carbocycles. The van der Waals surface area contributed by atoms with Gasteiger partial charge in [-0.3, -0.25) is 19.2 Å². The van der Waals surface area contributed by atoms with E-state index in [0.29, 0.717) is 17.5 Å². The summed E-state index contributed by atoms with van der Waals surface area (Å²) in [5, 5.41) is 14.5. The van der Waals surface area contributed by atoms with Gasteiger partial charge in [0.25, 0.3) is 5.56 Å². The first-order valence-corrected chi connectivity index (χ1v) is 12.4. The van der Waals surface area contributed by atoms with Gasteiger partial charge in [-0.2, -0.15) is 0 Å². The van der Waals surface area contributed by atoms with Gasteiger partial charge in [0.15, 0.2) is 0 Å². The topological polar surface area (TPSA) is 193 Å². The number of fused-ring (bicyclic) bond motifs is 1. The molecule has 0 spiro atoms. The van der Waals surface area contributed by atoms with Crippen molar-refractivity contribution in [3.8, 4) is 0 Å². The highest BCUT2D eigenvalue weighted by Gasteiger charge is 2.34. The Kier molecular flexibility index (Phi) is 9.37. The van der Waals surface area contributed by atoms with E-state index in [1.54, 1.807) is 62.4 Å². The van der Waals surface area contributed by atoms with Gasteiger partial charge in [0.05, 0.1) is 17.3 Å². The molecule has 1 heterocycles. The molecule has 39 heavy (non-hydrogen) atoms. The number of primary amides is 1. The molecule has 2 aromatic carbocycles. The van der Waals surface area contributed by atoms with E-state index in [1.807, 2.05) is 0 Å². The number of aromatic amines is 1. The number of aromatic nitrogens is 2. The number of H-pyrrole nitrogens is 1. The Morgan fingerprint density at radius 2 is 1.62 bits per heavy atom. The van der Waals surface area contributed by atoms with Crippen LogP contribution in [-0.4, -0.2) is 50.4 Å². The molecule has 0 saturated carbocycles. The molecule has 12 heteroatoms. The summed E-state index contributed by atoms with van der Waals surface area (Å²) in [5.41, 5.74) is 4.60. The number of carboxylic acid groups (broad SMARTS) is 1. The molecule has 1 aromatic heterocycles. The number of nitrogens with two attached hydrogens (primary N) is 1. The maximum Gasteiger partial charge on any atom is 0.329 e. The molecular formula is C27H31N5O7. The number of benzene rings is 2. The van der Waals surface area contributed by atoms with Crippen LogP contribution >= 0.6 is 0 Å². The summed E-state index contributed by atoms with van der Waals surface area (Å²) in [5.74, 6) is -4.49. The Hall–Kier alpha value is -4.74. The Morgan fingerprint density at radius 3 is 2.23 bits per heavy atom. The number of carbonyl (C=O) groups excluding carboxylic acids is 3. The molecule has 6 N–H and O–H groups in total. The molecule has 0 radical (unpaired) electrons. The molecule has 0 saturated heterocycles. The molecule has 206 valence electrons. The van der Waals surface area contributed by atoms with Gasteiger partial charge in [-0.1, -0.05) is 62.7 Å². The second-order valence-electron chi connectivity index (χ2n) is 9.30. The third-order valence-corrected chi connectivity index (χ3v) is 6.54. The van der Waals surface area contributed by atoms with Crippen molar-refractivity contribution in [2.24, 2.45) is 11.7 Å². The highest BCUT2D eigenvalue weighted by atomic mass is 16.4. The van der Waals surface area contributed by atoms with Gasteiger partial charge in [-0.05, 0) is 23.6 Å². The summed E-state index contributed by atoms with van der Waals surface area (Å²) >= 11 is 0. The maximum absolute atomic E-state index is 13.7. The first-order valence-electron chi connectivity index (χ1n) is 12.4. The number of carboxylic acids is 1. The zero-order valence-corrected chi connectivity index (χ0v) is 21.5. The molecule has 0 aliphatic heterocycles. The van der Waals surface area contributed by atoms with E-state index in [-0.39, 0.29) is 11.8 Å². The van der Waals surface area contributed by atoms with E-state index in [0.717, 1.165) is 4.57 Å². The van der Waals surface area contributed by atoms with Crippen molar-refractivity contribution < 1.29 is 24.3 Å². The van der Waals surface area contributed by atoms with Crippen LogP contribution in [-0.2, 0) is 25.6 Å². The summed E-state index contributed by atoms with van der Waals surface area (Å²) in [6.45, 7) is 3.45. The minimum Gasteiger partial charge on any atom is -0.480 e. The quantitative estimate of drug-likeness (QED) is 0.221. The van der Waals surface area contributed by atoms with Crippen LogP contribution in [0.1, 0.15) is 38.3 Å². The van der Waals surface area contributed by atoms with E-state index < -0.39 is 65.4 Å². The van der Waals surface area contributed by atoms with E-state index in [2.05, 4.69) is 15.6 Å². The molecule has 12 nitrogen and oxygen atoms in total. The van der Waals surface area contributed by atoms with Crippen LogP contribution in [0, 0.1) is 5.92 Å². The van der Waals surface area contributed by atoms with Crippen LogP contribution in [0.4, 0.5) is 0 Å². The lowest BCUT2D eigenvalue weighted by Gasteiger charge is -2.27. The van der Waals surface area contributed by atoms with Gasteiger partial charge in [0.2, 0.25) is 17.7 Å². The largest absolute Gasteiger partial charge is 0.480 e. The molecular weight excluding hydrogens is 506 g/mol. The minimum atomic E-state index is -1.59. The van der Waals surface area contributed by atoms with Crippen LogP contribution in [0.15, 0.2) is 64.2 Å². The zero-order valence-electron chi connectivity index (χ0n) is 21.5. The SMILES string of the molecule is CC[C@H](C)[C@H](NC(=O)[C@H](Cc1ccccc1)n1c(=O)[nH]c2ccccc2c1=O)C(=O)N[C@H](CC(N)=O)C(=O)O. The number of amides is 3. The third-order valence-electron chi connectivity index (χ3n) is 6.54. The predicted octanol–water partition coefficient (Wildman–Crippen LogP) is 0.449. The third kappa shape index (κ3) is 6.98. The van der Waals surface area contributed by atoms with Crippen molar-refractivity contribution in [1.29, 1.82) is 0 Å². The number of hydrogen-bond acceptors (Lipinski definition) is 6. The van der Waals surface area contributed by atoms with E-state index >= 15 is 0 Å². The summed E-state index contributed by atoms with van der Waals surface area (Å²) in [6, 6.07) is 11.0. The molecule has 4 atom stereocenters. The monoisotopic (exact) mass is 537 g/mol. The van der Waals surface area contributed by atoms with E-state index in [9.17, 15) is 33.9 Å². The van der Waals surface area contributed by atoms with Crippen LogP contribution in [0.5, 0.6) is 0 Å². The molecule has 0 aliphatic rings. The minimum absolute atomic E-state index is 0.0394.